The largest absolute Gasteiger partial charge is 0.355 e. The number of H-pyrrole nitrogens is 1. The molecule has 2 heterocycles. The normalized spacial score (nSPS) is 10.4. The van der Waals surface area contributed by atoms with Crippen LogP contribution < -0.4 is 5.32 Å². The lowest BCUT2D eigenvalue weighted by Crippen LogP contribution is -2.13. The predicted molar refractivity (Wildman–Crippen MR) is 73.2 cm³/mol. The summed E-state index contributed by atoms with van der Waals surface area (Å²) in [6.07, 6.45) is 1.63. The average Bonchev–Trinajstić information content (AvgIpc) is 3.10. The molecule has 0 bridgehead atoms. The number of benzene rings is 1. The van der Waals surface area contributed by atoms with Gasteiger partial charge in [-0.2, -0.15) is 5.10 Å². The number of aromatic amines is 1. The second kappa shape index (κ2) is 5.00. The second-order valence-electron chi connectivity index (χ2n) is 4.32. The maximum atomic E-state index is 12.0. The van der Waals surface area contributed by atoms with Crippen LogP contribution in [-0.2, 0) is 0 Å². The summed E-state index contributed by atoms with van der Waals surface area (Å²) in [5.74, 6) is 0.764. The number of aryl methyl sites for hydroxylation is 1. The summed E-state index contributed by atoms with van der Waals surface area (Å²) < 4.78 is 5.18. The highest BCUT2D eigenvalue weighted by Crippen LogP contribution is 2.20. The summed E-state index contributed by atoms with van der Waals surface area (Å²) in [7, 11) is 0. The first kappa shape index (κ1) is 12.2. The zero-order chi connectivity index (χ0) is 13.9. The second-order valence-corrected chi connectivity index (χ2v) is 4.32. The van der Waals surface area contributed by atoms with Crippen LogP contribution in [0.15, 0.2) is 47.1 Å². The summed E-state index contributed by atoms with van der Waals surface area (Å²) in [4.78, 5) is 12.0. The monoisotopic (exact) mass is 268 g/mol. The van der Waals surface area contributed by atoms with E-state index in [4.69, 9.17) is 4.52 Å². The quantitative estimate of drug-likeness (QED) is 0.764. The Morgan fingerprint density at radius 1 is 1.30 bits per heavy atom. The summed E-state index contributed by atoms with van der Waals surface area (Å²) >= 11 is 0. The Bertz CT molecular complexity index is 730. The summed E-state index contributed by atoms with van der Waals surface area (Å²) in [5.41, 5.74) is 1.94. The number of nitrogens with one attached hydrogen (secondary N) is 2. The predicted octanol–water partition coefficient (Wildman–Crippen LogP) is 2.63. The van der Waals surface area contributed by atoms with Crippen LogP contribution in [0.4, 0.5) is 5.82 Å². The highest BCUT2D eigenvalue weighted by atomic mass is 16.5. The molecule has 0 fully saturated rings. The maximum absolute atomic E-state index is 12.0. The van der Waals surface area contributed by atoms with Gasteiger partial charge in [-0.25, -0.2) is 0 Å². The molecular formula is C14H12N4O2. The molecule has 0 spiro atoms. The van der Waals surface area contributed by atoms with Crippen LogP contribution in [0.1, 0.15) is 16.1 Å². The molecular weight excluding hydrogens is 256 g/mol. The number of carbonyl (C=O) groups is 1. The molecule has 6 nitrogen and oxygen atoms in total. The van der Waals surface area contributed by atoms with Crippen molar-refractivity contribution in [3.63, 3.8) is 0 Å². The first-order chi connectivity index (χ1) is 9.74. The smallest absolute Gasteiger partial charge is 0.279 e. The van der Waals surface area contributed by atoms with Gasteiger partial charge in [-0.05, 0) is 6.92 Å². The molecule has 1 aromatic carbocycles. The number of amides is 1. The molecule has 0 aliphatic heterocycles. The van der Waals surface area contributed by atoms with E-state index in [2.05, 4.69) is 20.7 Å². The molecule has 100 valence electrons. The highest BCUT2D eigenvalue weighted by Gasteiger charge is 2.15. The number of anilines is 1. The molecule has 0 aliphatic rings. The van der Waals surface area contributed by atoms with E-state index in [0.29, 0.717) is 11.6 Å². The van der Waals surface area contributed by atoms with Crippen LogP contribution in [0.5, 0.6) is 0 Å². The fourth-order valence-corrected chi connectivity index (χ4v) is 1.77. The minimum absolute atomic E-state index is 0.220. The third-order valence-corrected chi connectivity index (χ3v) is 2.87. The fourth-order valence-electron chi connectivity index (χ4n) is 1.77. The van der Waals surface area contributed by atoms with Crippen LogP contribution >= 0.6 is 0 Å². The van der Waals surface area contributed by atoms with Gasteiger partial charge in [-0.15, -0.1) is 0 Å². The average molecular weight is 268 g/mol. The molecule has 2 N–H and O–H groups in total. The molecule has 0 unspecified atom stereocenters. The Hall–Kier alpha value is -2.89. The van der Waals surface area contributed by atoms with Crippen molar-refractivity contribution in [2.45, 2.75) is 6.92 Å². The molecule has 0 radical (unpaired) electrons. The Labute approximate surface area is 114 Å². The molecule has 3 rings (SSSR count). The van der Waals surface area contributed by atoms with Crippen LogP contribution in [0.2, 0.25) is 0 Å². The van der Waals surface area contributed by atoms with Gasteiger partial charge >= 0.3 is 0 Å². The van der Waals surface area contributed by atoms with Crippen molar-refractivity contribution in [2.75, 3.05) is 5.32 Å². The van der Waals surface area contributed by atoms with E-state index in [0.717, 1.165) is 11.1 Å². The first-order valence-electron chi connectivity index (χ1n) is 6.07. The summed E-state index contributed by atoms with van der Waals surface area (Å²) in [5, 5.41) is 13.0. The van der Waals surface area contributed by atoms with Gasteiger partial charge in [0.05, 0.1) is 6.20 Å². The minimum Gasteiger partial charge on any atom is -0.355 e. The van der Waals surface area contributed by atoms with Gasteiger partial charge in [0, 0.05) is 17.2 Å². The number of nitrogens with zero attached hydrogens (tertiary/aromatic N) is 2. The van der Waals surface area contributed by atoms with Crippen LogP contribution in [-0.4, -0.2) is 21.3 Å². The van der Waals surface area contributed by atoms with Crippen molar-refractivity contribution in [3.8, 4) is 11.3 Å². The first-order valence-corrected chi connectivity index (χ1v) is 6.07. The lowest BCUT2D eigenvalue weighted by molar-refractivity contribution is 0.101. The lowest BCUT2D eigenvalue weighted by Gasteiger charge is -1.99. The molecule has 3 aromatic rings. The molecule has 0 saturated heterocycles. The van der Waals surface area contributed by atoms with Gasteiger partial charge in [-0.3, -0.25) is 9.89 Å². The van der Waals surface area contributed by atoms with E-state index in [1.807, 2.05) is 37.3 Å². The standard InChI is InChI=1S/C14H12N4O2/c1-9-8-15-17-13(9)16-14(19)11-7-12(20-18-11)10-5-3-2-4-6-10/h2-8H,1H3,(H2,15,16,17,19). The minimum atomic E-state index is -0.344. The maximum Gasteiger partial charge on any atom is 0.279 e. The van der Waals surface area contributed by atoms with Crippen LogP contribution in [0, 0.1) is 6.92 Å². The van der Waals surface area contributed by atoms with E-state index in [1.165, 1.54) is 0 Å². The van der Waals surface area contributed by atoms with Gasteiger partial charge in [0.2, 0.25) is 0 Å². The number of carbonyl (C=O) groups excluding carboxylic acids is 1. The fraction of sp³-hybridized carbons (Fsp3) is 0.0714. The van der Waals surface area contributed by atoms with Crippen LogP contribution in [0.25, 0.3) is 11.3 Å². The van der Waals surface area contributed by atoms with Gasteiger partial charge in [0.15, 0.2) is 11.5 Å². The van der Waals surface area contributed by atoms with E-state index in [-0.39, 0.29) is 11.6 Å². The SMILES string of the molecule is Cc1cn[nH]c1NC(=O)c1cc(-c2ccccc2)on1. The summed E-state index contributed by atoms with van der Waals surface area (Å²) in [6.45, 7) is 1.84. The molecule has 6 heteroatoms. The number of hydrogen-bond acceptors (Lipinski definition) is 4. The van der Waals surface area contributed by atoms with Crippen molar-refractivity contribution in [1.29, 1.82) is 0 Å². The van der Waals surface area contributed by atoms with Gasteiger partial charge in [0.1, 0.15) is 5.82 Å². The molecule has 0 atom stereocenters. The van der Waals surface area contributed by atoms with Crippen molar-refractivity contribution in [3.05, 3.63) is 53.9 Å². The highest BCUT2D eigenvalue weighted by molar-refractivity contribution is 6.03. The Balaban J connectivity index is 1.80. The molecule has 0 aliphatic carbocycles. The van der Waals surface area contributed by atoms with Gasteiger partial charge in [-0.1, -0.05) is 35.5 Å². The van der Waals surface area contributed by atoms with Crippen LogP contribution in [0.3, 0.4) is 0 Å². The zero-order valence-corrected chi connectivity index (χ0v) is 10.8. The lowest BCUT2D eigenvalue weighted by atomic mass is 10.1. The number of hydrogen-bond donors (Lipinski definition) is 2. The van der Waals surface area contributed by atoms with E-state index >= 15 is 0 Å². The molecule has 0 saturated carbocycles. The van der Waals surface area contributed by atoms with E-state index in [1.54, 1.807) is 12.3 Å². The Kier molecular flexibility index (Phi) is 3.04. The molecule has 2 aromatic heterocycles. The number of rotatable bonds is 3. The van der Waals surface area contributed by atoms with Crippen molar-refractivity contribution < 1.29 is 9.32 Å². The van der Waals surface area contributed by atoms with E-state index < -0.39 is 0 Å². The van der Waals surface area contributed by atoms with Crippen molar-refractivity contribution in [2.24, 2.45) is 0 Å². The Morgan fingerprint density at radius 3 is 2.80 bits per heavy atom. The van der Waals surface area contributed by atoms with E-state index in [9.17, 15) is 4.79 Å². The third-order valence-electron chi connectivity index (χ3n) is 2.87. The van der Waals surface area contributed by atoms with Gasteiger partial charge < -0.3 is 9.84 Å². The molecule has 1 amide bonds. The zero-order valence-electron chi connectivity index (χ0n) is 10.8. The molecule has 20 heavy (non-hydrogen) atoms. The van der Waals surface area contributed by atoms with Gasteiger partial charge in [0.25, 0.3) is 5.91 Å². The number of aromatic nitrogens is 3. The third kappa shape index (κ3) is 2.31. The van der Waals surface area contributed by atoms with Crippen molar-refractivity contribution in [1.82, 2.24) is 15.4 Å². The Morgan fingerprint density at radius 2 is 2.10 bits per heavy atom. The van der Waals surface area contributed by atoms with Crippen molar-refractivity contribution >= 4 is 11.7 Å². The topological polar surface area (TPSA) is 83.8 Å². The summed E-state index contributed by atoms with van der Waals surface area (Å²) in [6, 6.07) is 11.1.